The molecule has 3 aliphatic rings. The second-order valence-electron chi connectivity index (χ2n) is 8.34. The van der Waals surface area contributed by atoms with Crippen LogP contribution in [0.25, 0.3) is 0 Å². The molecule has 0 spiro atoms. The number of ether oxygens (including phenoxy) is 1. The third kappa shape index (κ3) is 5.01. The lowest BCUT2D eigenvalue weighted by Crippen LogP contribution is -2.53. The minimum absolute atomic E-state index is 0.0843. The largest absolute Gasteiger partial charge is 0.370 e. The number of morpholine rings is 1. The van der Waals surface area contributed by atoms with Crippen molar-refractivity contribution >= 4 is 29.1 Å². The van der Waals surface area contributed by atoms with Crippen LogP contribution in [0.2, 0.25) is 0 Å². The normalized spacial score (nSPS) is 20.3. The van der Waals surface area contributed by atoms with Gasteiger partial charge in [0.25, 0.3) is 18.2 Å². The maximum atomic E-state index is 13.7. The van der Waals surface area contributed by atoms with Crippen LogP contribution in [-0.4, -0.2) is 61.0 Å². The van der Waals surface area contributed by atoms with E-state index in [4.69, 9.17) is 10.5 Å². The van der Waals surface area contributed by atoms with Crippen molar-refractivity contribution in [3.05, 3.63) is 23.8 Å². The Morgan fingerprint density at radius 2 is 2.00 bits per heavy atom. The molecular weight excluding hydrogens is 410 g/mol. The lowest BCUT2D eigenvalue weighted by atomic mass is 10.1. The van der Waals surface area contributed by atoms with E-state index < -0.39 is 30.2 Å². The van der Waals surface area contributed by atoms with Gasteiger partial charge in [-0.2, -0.15) is 0 Å². The number of carbonyl (C=O) groups is 3. The molecule has 4 rings (SSSR count). The van der Waals surface area contributed by atoms with E-state index in [-0.39, 0.29) is 42.7 Å². The number of carbonyl (C=O) groups excluding carboxylic acids is 3. The highest BCUT2D eigenvalue weighted by Crippen LogP contribution is 2.37. The fraction of sp³-hybridized carbons (Fsp3) is 0.571. The van der Waals surface area contributed by atoms with E-state index in [0.29, 0.717) is 12.5 Å². The van der Waals surface area contributed by atoms with Gasteiger partial charge in [-0.15, -0.1) is 0 Å². The molecule has 1 heterocycles. The van der Waals surface area contributed by atoms with Crippen LogP contribution in [0, 0.1) is 5.92 Å². The van der Waals surface area contributed by atoms with Crippen molar-refractivity contribution < 1.29 is 27.9 Å². The highest BCUT2D eigenvalue weighted by atomic mass is 19.3. The van der Waals surface area contributed by atoms with Crippen LogP contribution in [0.15, 0.2) is 18.2 Å². The molecule has 2 aliphatic carbocycles. The summed E-state index contributed by atoms with van der Waals surface area (Å²) in [6, 6.07) is 2.96. The standard InChI is InChI=1S/C21H26F2N4O4/c22-19(23)15-9-13(3-6-16(15)26-7-8-31-11-17(26)28)25-21(30)18(20(24)29)27(14-4-5-14)10-12-1-2-12/h3,6,9,12,14,18-19H,1-2,4-5,7-8,10-11H2,(H2,24,29)(H,25,30)/t18-/m0/s1. The van der Waals surface area contributed by atoms with Crippen molar-refractivity contribution in [1.82, 2.24) is 4.90 Å². The van der Waals surface area contributed by atoms with Crippen LogP contribution < -0.4 is 16.0 Å². The molecular formula is C21H26F2N4O4. The van der Waals surface area contributed by atoms with Crippen LogP contribution in [0.3, 0.4) is 0 Å². The maximum Gasteiger partial charge on any atom is 0.265 e. The van der Waals surface area contributed by atoms with Gasteiger partial charge in [-0.25, -0.2) is 8.78 Å². The van der Waals surface area contributed by atoms with Gasteiger partial charge in [0.05, 0.1) is 12.3 Å². The molecule has 1 atom stereocenters. The topological polar surface area (TPSA) is 105 Å². The molecule has 1 aromatic rings. The Morgan fingerprint density at radius 3 is 2.58 bits per heavy atom. The fourth-order valence-electron chi connectivity index (χ4n) is 3.95. The lowest BCUT2D eigenvalue weighted by Gasteiger charge is -2.30. The van der Waals surface area contributed by atoms with E-state index >= 15 is 0 Å². The third-order valence-corrected chi connectivity index (χ3v) is 5.84. The number of nitrogens with zero attached hydrogens (tertiary/aromatic N) is 2. The summed E-state index contributed by atoms with van der Waals surface area (Å²) in [4.78, 5) is 40.2. The van der Waals surface area contributed by atoms with Gasteiger partial charge in [0.15, 0.2) is 6.04 Å². The minimum atomic E-state index is -2.85. The number of hydrogen-bond donors (Lipinski definition) is 2. The first-order valence-corrected chi connectivity index (χ1v) is 10.5. The average molecular weight is 436 g/mol. The molecule has 10 heteroatoms. The molecule has 168 valence electrons. The second kappa shape index (κ2) is 8.88. The van der Waals surface area contributed by atoms with Gasteiger partial charge in [-0.1, -0.05) is 0 Å². The highest BCUT2D eigenvalue weighted by molar-refractivity contribution is 6.09. The van der Waals surface area contributed by atoms with Crippen molar-refractivity contribution in [2.24, 2.45) is 11.7 Å². The Bertz CT molecular complexity index is 873. The van der Waals surface area contributed by atoms with E-state index in [2.05, 4.69) is 5.32 Å². The molecule has 0 unspecified atom stereocenters. The van der Waals surface area contributed by atoms with Crippen LogP contribution in [0.5, 0.6) is 0 Å². The summed E-state index contributed by atoms with van der Waals surface area (Å²) in [5.74, 6) is -1.32. The van der Waals surface area contributed by atoms with Gasteiger partial charge in [0, 0.05) is 30.4 Å². The first-order valence-electron chi connectivity index (χ1n) is 10.5. The molecule has 8 nitrogen and oxygen atoms in total. The van der Waals surface area contributed by atoms with Gasteiger partial charge < -0.3 is 20.7 Å². The number of benzene rings is 1. The van der Waals surface area contributed by atoms with E-state index in [9.17, 15) is 23.2 Å². The van der Waals surface area contributed by atoms with Crippen molar-refractivity contribution in [2.45, 2.75) is 44.2 Å². The van der Waals surface area contributed by atoms with E-state index in [0.717, 1.165) is 31.7 Å². The molecule has 1 aromatic carbocycles. The summed E-state index contributed by atoms with van der Waals surface area (Å²) in [6.07, 6.45) is 1.08. The number of nitrogens with two attached hydrogens (primary N) is 1. The number of hydrogen-bond acceptors (Lipinski definition) is 5. The molecule has 1 saturated heterocycles. The first-order chi connectivity index (χ1) is 14.8. The average Bonchev–Trinajstić information content (AvgIpc) is 3.61. The van der Waals surface area contributed by atoms with Crippen molar-refractivity contribution in [3.8, 4) is 0 Å². The predicted octanol–water partition coefficient (Wildman–Crippen LogP) is 1.65. The first kappa shape index (κ1) is 21.6. The molecule has 3 N–H and O–H groups in total. The summed E-state index contributed by atoms with van der Waals surface area (Å²) < 4.78 is 32.5. The van der Waals surface area contributed by atoms with Crippen LogP contribution in [0.4, 0.5) is 20.2 Å². The Balaban J connectivity index is 1.54. The van der Waals surface area contributed by atoms with Gasteiger partial charge in [0.1, 0.15) is 6.61 Å². The zero-order valence-corrected chi connectivity index (χ0v) is 17.1. The molecule has 3 amide bonds. The maximum absolute atomic E-state index is 13.7. The molecule has 1 aliphatic heterocycles. The third-order valence-electron chi connectivity index (χ3n) is 5.84. The summed E-state index contributed by atoms with van der Waals surface area (Å²) in [5, 5.41) is 2.57. The summed E-state index contributed by atoms with van der Waals surface area (Å²) >= 11 is 0. The quantitative estimate of drug-likeness (QED) is 0.573. The summed E-state index contributed by atoms with van der Waals surface area (Å²) in [5.41, 5.74) is 5.38. The number of amides is 3. The summed E-state index contributed by atoms with van der Waals surface area (Å²) in [6.45, 7) is 0.891. The monoisotopic (exact) mass is 436 g/mol. The van der Waals surface area contributed by atoms with Crippen LogP contribution in [-0.2, 0) is 19.1 Å². The number of primary amides is 1. The molecule has 31 heavy (non-hydrogen) atoms. The van der Waals surface area contributed by atoms with Crippen molar-refractivity contribution in [3.63, 3.8) is 0 Å². The minimum Gasteiger partial charge on any atom is -0.370 e. The Labute approximate surface area is 178 Å². The Morgan fingerprint density at radius 1 is 1.26 bits per heavy atom. The van der Waals surface area contributed by atoms with Gasteiger partial charge >= 0.3 is 0 Å². The number of alkyl halides is 2. The molecule has 0 radical (unpaired) electrons. The van der Waals surface area contributed by atoms with Crippen molar-refractivity contribution in [2.75, 3.05) is 36.5 Å². The van der Waals surface area contributed by atoms with Gasteiger partial charge in [0.2, 0.25) is 5.91 Å². The van der Waals surface area contributed by atoms with Crippen molar-refractivity contribution in [1.29, 1.82) is 0 Å². The molecule has 0 aromatic heterocycles. The van der Waals surface area contributed by atoms with Gasteiger partial charge in [-0.3, -0.25) is 19.3 Å². The van der Waals surface area contributed by atoms with Crippen LogP contribution >= 0.6 is 0 Å². The van der Waals surface area contributed by atoms with E-state index in [1.54, 1.807) is 0 Å². The fourth-order valence-corrected chi connectivity index (χ4v) is 3.95. The number of nitrogens with one attached hydrogen (secondary N) is 1. The summed E-state index contributed by atoms with van der Waals surface area (Å²) in [7, 11) is 0. The number of halogens is 2. The molecule has 3 fully saturated rings. The zero-order chi connectivity index (χ0) is 22.1. The molecule has 0 bridgehead atoms. The van der Waals surface area contributed by atoms with Crippen LogP contribution in [0.1, 0.15) is 37.7 Å². The predicted molar refractivity (Wildman–Crippen MR) is 109 cm³/mol. The zero-order valence-electron chi connectivity index (χ0n) is 17.1. The number of rotatable bonds is 9. The molecule has 2 saturated carbocycles. The smallest absolute Gasteiger partial charge is 0.265 e. The second-order valence-corrected chi connectivity index (χ2v) is 8.34. The van der Waals surface area contributed by atoms with E-state index in [1.165, 1.54) is 17.0 Å². The number of anilines is 2. The Kier molecular flexibility index (Phi) is 6.19. The lowest BCUT2D eigenvalue weighted by molar-refractivity contribution is -0.133. The highest BCUT2D eigenvalue weighted by Gasteiger charge is 2.42. The van der Waals surface area contributed by atoms with E-state index in [1.807, 2.05) is 4.90 Å². The SMILES string of the molecule is NC(=O)[C@@H](C(=O)Nc1ccc(N2CCOCC2=O)c(C(F)F)c1)N(CC1CC1)C1CC1. The Hall–Kier alpha value is -2.59. The van der Waals surface area contributed by atoms with Gasteiger partial charge in [-0.05, 0) is 49.8 Å².